The Morgan fingerprint density at radius 3 is 2.12 bits per heavy atom. The molecule has 0 saturated heterocycles. The highest BCUT2D eigenvalue weighted by Gasteiger charge is 2.08. The van der Waals surface area contributed by atoms with Gasteiger partial charge in [0.2, 0.25) is 0 Å². The number of halogens is 1. The van der Waals surface area contributed by atoms with E-state index in [1.54, 1.807) is 0 Å². The number of rotatable bonds is 6. The van der Waals surface area contributed by atoms with Crippen LogP contribution in [0, 0.1) is 11.8 Å². The summed E-state index contributed by atoms with van der Waals surface area (Å²) in [5.74, 6) is 2.28. The summed E-state index contributed by atoms with van der Waals surface area (Å²) in [6, 6.07) is 0.455. The highest BCUT2D eigenvalue weighted by atomic mass is 127. The van der Waals surface area contributed by atoms with Gasteiger partial charge in [0, 0.05) is 19.1 Å². The van der Waals surface area contributed by atoms with Gasteiger partial charge in [-0.2, -0.15) is 0 Å². The van der Waals surface area contributed by atoms with Crippen LogP contribution in [0.5, 0.6) is 0 Å². The molecular weight excluding hydrogens is 325 g/mol. The Morgan fingerprint density at radius 1 is 1.12 bits per heavy atom. The number of guanidine groups is 1. The minimum absolute atomic E-state index is 0. The van der Waals surface area contributed by atoms with Crippen molar-refractivity contribution in [1.82, 2.24) is 10.6 Å². The van der Waals surface area contributed by atoms with Crippen molar-refractivity contribution in [3.63, 3.8) is 0 Å². The number of nitrogens with zero attached hydrogens (tertiary/aromatic N) is 1. The average Bonchev–Trinajstić information content (AvgIpc) is 2.17. The van der Waals surface area contributed by atoms with Crippen molar-refractivity contribution < 1.29 is 0 Å². The van der Waals surface area contributed by atoms with Gasteiger partial charge in [0.1, 0.15) is 0 Å². The van der Waals surface area contributed by atoms with Crippen LogP contribution in [0.15, 0.2) is 4.99 Å². The molecule has 0 aliphatic rings. The van der Waals surface area contributed by atoms with Crippen LogP contribution >= 0.6 is 24.0 Å². The standard InChI is InChI=1S/C13H29N3.HI/c1-7-14-13(15-9-8-10(2)3)16-12(6)11(4)5;/h10-12H,7-9H2,1-6H3,(H2,14,15,16);1H. The van der Waals surface area contributed by atoms with E-state index in [1.165, 1.54) is 0 Å². The second kappa shape index (κ2) is 11.1. The monoisotopic (exact) mass is 355 g/mol. The molecule has 4 heteroatoms. The zero-order chi connectivity index (χ0) is 12.6. The van der Waals surface area contributed by atoms with Gasteiger partial charge in [-0.05, 0) is 32.1 Å². The fourth-order valence-electron chi connectivity index (χ4n) is 1.14. The van der Waals surface area contributed by atoms with Gasteiger partial charge < -0.3 is 10.6 Å². The SMILES string of the molecule is CCNC(=NCCC(C)C)NC(C)C(C)C.I. The molecule has 0 heterocycles. The van der Waals surface area contributed by atoms with Gasteiger partial charge >= 0.3 is 0 Å². The lowest BCUT2D eigenvalue weighted by Crippen LogP contribution is -2.44. The van der Waals surface area contributed by atoms with E-state index < -0.39 is 0 Å². The summed E-state index contributed by atoms with van der Waals surface area (Å²) in [5.41, 5.74) is 0. The minimum atomic E-state index is 0. The first kappa shape index (κ1) is 19.3. The van der Waals surface area contributed by atoms with Crippen molar-refractivity contribution >= 4 is 29.9 Å². The van der Waals surface area contributed by atoms with Crippen LogP contribution in [0.3, 0.4) is 0 Å². The highest BCUT2D eigenvalue weighted by molar-refractivity contribution is 14.0. The lowest BCUT2D eigenvalue weighted by Gasteiger charge is -2.20. The second-order valence-corrected chi connectivity index (χ2v) is 5.12. The van der Waals surface area contributed by atoms with Crippen LogP contribution in [0.2, 0.25) is 0 Å². The molecule has 3 nitrogen and oxygen atoms in total. The van der Waals surface area contributed by atoms with Crippen LogP contribution in [-0.2, 0) is 0 Å². The quantitative estimate of drug-likeness (QED) is 0.436. The van der Waals surface area contributed by atoms with Crippen molar-refractivity contribution in [2.75, 3.05) is 13.1 Å². The molecule has 1 atom stereocenters. The fourth-order valence-corrected chi connectivity index (χ4v) is 1.14. The number of hydrogen-bond donors (Lipinski definition) is 2. The van der Waals surface area contributed by atoms with E-state index in [9.17, 15) is 0 Å². The summed E-state index contributed by atoms with van der Waals surface area (Å²) >= 11 is 0. The first-order chi connectivity index (χ1) is 7.47. The number of nitrogens with one attached hydrogen (secondary N) is 2. The van der Waals surface area contributed by atoms with Crippen LogP contribution < -0.4 is 10.6 Å². The Labute approximate surface area is 124 Å². The van der Waals surface area contributed by atoms with E-state index in [0.717, 1.165) is 25.5 Å². The van der Waals surface area contributed by atoms with Gasteiger partial charge in [-0.15, -0.1) is 24.0 Å². The topological polar surface area (TPSA) is 36.4 Å². The largest absolute Gasteiger partial charge is 0.357 e. The van der Waals surface area contributed by atoms with Gasteiger partial charge in [-0.1, -0.05) is 27.7 Å². The molecule has 0 aliphatic heterocycles. The van der Waals surface area contributed by atoms with Crippen LogP contribution in [0.4, 0.5) is 0 Å². The Hall–Kier alpha value is 0. The van der Waals surface area contributed by atoms with Gasteiger partial charge in [0.15, 0.2) is 5.96 Å². The molecule has 0 aromatic heterocycles. The van der Waals surface area contributed by atoms with Gasteiger partial charge in [-0.3, -0.25) is 4.99 Å². The normalized spacial score (nSPS) is 13.5. The molecule has 0 radical (unpaired) electrons. The van der Waals surface area contributed by atoms with E-state index in [1.807, 2.05) is 0 Å². The van der Waals surface area contributed by atoms with Crippen molar-refractivity contribution in [3.05, 3.63) is 0 Å². The molecule has 2 N–H and O–H groups in total. The first-order valence-corrected chi connectivity index (χ1v) is 6.52. The second-order valence-electron chi connectivity index (χ2n) is 5.12. The third-order valence-corrected chi connectivity index (χ3v) is 2.68. The molecule has 0 aliphatic carbocycles. The summed E-state index contributed by atoms with van der Waals surface area (Å²) in [4.78, 5) is 4.57. The summed E-state index contributed by atoms with van der Waals surface area (Å²) in [7, 11) is 0. The van der Waals surface area contributed by atoms with Crippen molar-refractivity contribution in [2.45, 2.75) is 54.0 Å². The van der Waals surface area contributed by atoms with Crippen molar-refractivity contribution in [3.8, 4) is 0 Å². The molecule has 0 bridgehead atoms. The highest BCUT2D eigenvalue weighted by Crippen LogP contribution is 2.01. The van der Waals surface area contributed by atoms with Crippen LogP contribution in [0.25, 0.3) is 0 Å². The lowest BCUT2D eigenvalue weighted by atomic mass is 10.1. The first-order valence-electron chi connectivity index (χ1n) is 6.52. The fraction of sp³-hybridized carbons (Fsp3) is 0.923. The van der Waals surface area contributed by atoms with E-state index in [4.69, 9.17) is 0 Å². The van der Waals surface area contributed by atoms with E-state index >= 15 is 0 Å². The lowest BCUT2D eigenvalue weighted by molar-refractivity contribution is 0.480. The molecule has 0 aromatic rings. The van der Waals surface area contributed by atoms with Gasteiger partial charge in [0.25, 0.3) is 0 Å². The van der Waals surface area contributed by atoms with Crippen LogP contribution in [0.1, 0.15) is 48.0 Å². The number of aliphatic imine (C=N–C) groups is 1. The molecule has 0 rings (SSSR count). The molecule has 0 spiro atoms. The Morgan fingerprint density at radius 2 is 1.71 bits per heavy atom. The molecule has 17 heavy (non-hydrogen) atoms. The Balaban J connectivity index is 0. The third kappa shape index (κ3) is 10.9. The smallest absolute Gasteiger partial charge is 0.191 e. The summed E-state index contributed by atoms with van der Waals surface area (Å²) < 4.78 is 0. The van der Waals surface area contributed by atoms with Crippen molar-refractivity contribution in [1.29, 1.82) is 0 Å². The zero-order valence-electron chi connectivity index (χ0n) is 12.2. The molecule has 0 fully saturated rings. The Bertz CT molecular complexity index is 203. The minimum Gasteiger partial charge on any atom is -0.357 e. The molecule has 0 saturated carbocycles. The van der Waals surface area contributed by atoms with Crippen LogP contribution in [-0.4, -0.2) is 25.1 Å². The summed E-state index contributed by atoms with van der Waals surface area (Å²) in [5, 5.41) is 6.71. The predicted molar refractivity (Wildman–Crippen MR) is 88.3 cm³/mol. The third-order valence-electron chi connectivity index (χ3n) is 2.68. The average molecular weight is 355 g/mol. The maximum absolute atomic E-state index is 4.57. The van der Waals surface area contributed by atoms with Gasteiger partial charge in [0.05, 0.1) is 0 Å². The van der Waals surface area contributed by atoms with E-state index in [0.29, 0.717) is 17.9 Å². The van der Waals surface area contributed by atoms with E-state index in [2.05, 4.69) is 57.2 Å². The maximum atomic E-state index is 4.57. The molecule has 0 amide bonds. The summed E-state index contributed by atoms with van der Waals surface area (Å²) in [6.45, 7) is 15.0. The predicted octanol–water partition coefficient (Wildman–Crippen LogP) is 3.25. The molecule has 0 aromatic carbocycles. The molecule has 1 unspecified atom stereocenters. The molecular formula is C13H30IN3. The van der Waals surface area contributed by atoms with Crippen molar-refractivity contribution in [2.24, 2.45) is 16.8 Å². The number of hydrogen-bond acceptors (Lipinski definition) is 1. The summed E-state index contributed by atoms with van der Waals surface area (Å²) in [6.07, 6.45) is 1.15. The van der Waals surface area contributed by atoms with E-state index in [-0.39, 0.29) is 24.0 Å². The molecule has 104 valence electrons. The van der Waals surface area contributed by atoms with Gasteiger partial charge in [-0.25, -0.2) is 0 Å². The maximum Gasteiger partial charge on any atom is 0.191 e. The Kier molecular flexibility index (Phi) is 12.6. The zero-order valence-corrected chi connectivity index (χ0v) is 14.5.